The van der Waals surface area contributed by atoms with E-state index in [1.54, 1.807) is 24.3 Å². The standard InChI is InChI=1S/C13H15NO5/c1-9(15)14-11(7-12(16)17)13(18)19-8-10-5-3-2-4-6-10/h2-6,11H,7-8H2,1H3,(H,14,15)(H,16,17). The molecule has 1 amide bonds. The molecule has 0 saturated carbocycles. The molecule has 1 atom stereocenters. The maximum atomic E-state index is 11.7. The van der Waals surface area contributed by atoms with Gasteiger partial charge in [-0.2, -0.15) is 0 Å². The van der Waals surface area contributed by atoms with Crippen molar-refractivity contribution in [3.63, 3.8) is 0 Å². The Morgan fingerprint density at radius 3 is 2.42 bits per heavy atom. The van der Waals surface area contributed by atoms with E-state index in [9.17, 15) is 14.4 Å². The molecule has 6 heteroatoms. The first-order valence-electron chi connectivity index (χ1n) is 5.68. The predicted molar refractivity (Wildman–Crippen MR) is 66.1 cm³/mol. The number of hydrogen-bond donors (Lipinski definition) is 2. The maximum absolute atomic E-state index is 11.7. The second-order valence-electron chi connectivity index (χ2n) is 3.94. The maximum Gasteiger partial charge on any atom is 0.329 e. The molecule has 102 valence electrons. The monoisotopic (exact) mass is 265 g/mol. The van der Waals surface area contributed by atoms with E-state index in [2.05, 4.69) is 5.32 Å². The van der Waals surface area contributed by atoms with Gasteiger partial charge in [0.1, 0.15) is 12.6 Å². The van der Waals surface area contributed by atoms with Crippen molar-refractivity contribution in [2.75, 3.05) is 0 Å². The molecule has 0 heterocycles. The zero-order valence-electron chi connectivity index (χ0n) is 10.5. The minimum absolute atomic E-state index is 0.0371. The number of carboxylic acids is 1. The Morgan fingerprint density at radius 2 is 1.89 bits per heavy atom. The molecule has 0 aromatic heterocycles. The number of esters is 1. The highest BCUT2D eigenvalue weighted by molar-refractivity contribution is 5.86. The van der Waals surface area contributed by atoms with Gasteiger partial charge in [0.25, 0.3) is 0 Å². The summed E-state index contributed by atoms with van der Waals surface area (Å²) < 4.78 is 4.98. The van der Waals surface area contributed by atoms with E-state index >= 15 is 0 Å². The second kappa shape index (κ2) is 7.15. The van der Waals surface area contributed by atoms with Gasteiger partial charge in [0, 0.05) is 6.92 Å². The molecule has 6 nitrogen and oxygen atoms in total. The van der Waals surface area contributed by atoms with Gasteiger partial charge in [-0.3, -0.25) is 9.59 Å². The molecule has 0 aliphatic rings. The lowest BCUT2D eigenvalue weighted by Crippen LogP contribution is -2.42. The fourth-order valence-corrected chi connectivity index (χ4v) is 1.44. The summed E-state index contributed by atoms with van der Waals surface area (Å²) in [4.78, 5) is 33.2. The number of carbonyl (C=O) groups is 3. The third kappa shape index (κ3) is 5.67. The van der Waals surface area contributed by atoms with Gasteiger partial charge in [-0.1, -0.05) is 30.3 Å². The fraction of sp³-hybridized carbons (Fsp3) is 0.308. The molecule has 19 heavy (non-hydrogen) atoms. The van der Waals surface area contributed by atoms with Crippen LogP contribution in [0.3, 0.4) is 0 Å². The summed E-state index contributed by atoms with van der Waals surface area (Å²) >= 11 is 0. The largest absolute Gasteiger partial charge is 0.481 e. The van der Waals surface area contributed by atoms with Crippen LogP contribution >= 0.6 is 0 Å². The molecule has 0 bridgehead atoms. The first-order valence-corrected chi connectivity index (χ1v) is 5.68. The summed E-state index contributed by atoms with van der Waals surface area (Å²) in [5, 5.41) is 10.9. The molecule has 2 N–H and O–H groups in total. The lowest BCUT2D eigenvalue weighted by Gasteiger charge is -2.14. The lowest BCUT2D eigenvalue weighted by atomic mass is 10.2. The Kier molecular flexibility index (Phi) is 5.53. The van der Waals surface area contributed by atoms with Crippen molar-refractivity contribution in [1.82, 2.24) is 5.32 Å². The Hall–Kier alpha value is -2.37. The van der Waals surface area contributed by atoms with Crippen molar-refractivity contribution in [3.05, 3.63) is 35.9 Å². The van der Waals surface area contributed by atoms with Gasteiger partial charge in [0.2, 0.25) is 5.91 Å². The van der Waals surface area contributed by atoms with Crippen molar-refractivity contribution in [2.24, 2.45) is 0 Å². The molecule has 1 rings (SSSR count). The Labute approximate surface area is 110 Å². The van der Waals surface area contributed by atoms with Crippen molar-refractivity contribution >= 4 is 17.8 Å². The minimum Gasteiger partial charge on any atom is -0.481 e. The quantitative estimate of drug-likeness (QED) is 0.739. The van der Waals surface area contributed by atoms with E-state index in [0.29, 0.717) is 0 Å². The molecule has 0 fully saturated rings. The third-order valence-electron chi connectivity index (χ3n) is 2.26. The van der Waals surface area contributed by atoms with Crippen molar-refractivity contribution < 1.29 is 24.2 Å². The van der Waals surface area contributed by atoms with Crippen LogP contribution in [0, 0.1) is 0 Å². The Bertz CT molecular complexity index is 441. The van der Waals surface area contributed by atoms with Gasteiger partial charge in [-0.05, 0) is 5.56 Å². The van der Waals surface area contributed by atoms with E-state index in [1.165, 1.54) is 6.92 Å². The van der Waals surface area contributed by atoms with Crippen LogP contribution in [0.1, 0.15) is 18.9 Å². The van der Waals surface area contributed by atoms with Crippen molar-refractivity contribution in [3.8, 4) is 0 Å². The number of aliphatic carboxylic acids is 1. The minimum atomic E-state index is -1.18. The number of rotatable bonds is 6. The molecule has 1 aromatic carbocycles. The van der Waals surface area contributed by atoms with Crippen LogP contribution in [-0.2, 0) is 25.7 Å². The van der Waals surface area contributed by atoms with Gasteiger partial charge in [-0.15, -0.1) is 0 Å². The van der Waals surface area contributed by atoms with Crippen LogP contribution in [0.25, 0.3) is 0 Å². The molecule has 0 aliphatic heterocycles. The first kappa shape index (κ1) is 14.7. The summed E-state index contributed by atoms with van der Waals surface area (Å²) in [6.45, 7) is 1.24. The van der Waals surface area contributed by atoms with Gasteiger partial charge in [-0.25, -0.2) is 4.79 Å². The molecular formula is C13H15NO5. The van der Waals surface area contributed by atoms with Gasteiger partial charge in [0.15, 0.2) is 0 Å². The number of ether oxygens (including phenoxy) is 1. The number of hydrogen-bond acceptors (Lipinski definition) is 4. The predicted octanol–water partition coefficient (Wildman–Crippen LogP) is 0.709. The average Bonchev–Trinajstić information content (AvgIpc) is 2.35. The number of benzene rings is 1. The molecule has 1 unspecified atom stereocenters. The summed E-state index contributed by atoms with van der Waals surface area (Å²) in [5.74, 6) is -2.43. The van der Waals surface area contributed by atoms with E-state index in [1.807, 2.05) is 6.07 Å². The highest BCUT2D eigenvalue weighted by Crippen LogP contribution is 2.03. The van der Waals surface area contributed by atoms with Crippen molar-refractivity contribution in [2.45, 2.75) is 26.0 Å². The molecule has 1 aromatic rings. The van der Waals surface area contributed by atoms with Crippen LogP contribution in [0.5, 0.6) is 0 Å². The smallest absolute Gasteiger partial charge is 0.329 e. The molecule has 0 aliphatic carbocycles. The molecule has 0 spiro atoms. The van der Waals surface area contributed by atoms with E-state index in [4.69, 9.17) is 9.84 Å². The highest BCUT2D eigenvalue weighted by atomic mass is 16.5. The molecular weight excluding hydrogens is 250 g/mol. The second-order valence-corrected chi connectivity index (χ2v) is 3.94. The molecule has 0 saturated heterocycles. The zero-order valence-corrected chi connectivity index (χ0v) is 10.5. The van der Waals surface area contributed by atoms with Crippen LogP contribution < -0.4 is 5.32 Å². The highest BCUT2D eigenvalue weighted by Gasteiger charge is 2.23. The number of nitrogens with one attached hydrogen (secondary N) is 1. The zero-order chi connectivity index (χ0) is 14.3. The SMILES string of the molecule is CC(=O)NC(CC(=O)O)C(=O)OCc1ccccc1. The normalized spacial score (nSPS) is 11.4. The van der Waals surface area contributed by atoms with Gasteiger partial charge >= 0.3 is 11.9 Å². The Morgan fingerprint density at radius 1 is 1.26 bits per heavy atom. The Balaban J connectivity index is 2.56. The van der Waals surface area contributed by atoms with E-state index in [0.717, 1.165) is 5.56 Å². The van der Waals surface area contributed by atoms with Crippen molar-refractivity contribution in [1.29, 1.82) is 0 Å². The number of carboxylic acid groups (broad SMARTS) is 1. The van der Waals surface area contributed by atoms with Crippen LogP contribution in [0.15, 0.2) is 30.3 Å². The van der Waals surface area contributed by atoms with Gasteiger partial charge in [0.05, 0.1) is 6.42 Å². The van der Waals surface area contributed by atoms with Crippen LogP contribution in [-0.4, -0.2) is 29.0 Å². The van der Waals surface area contributed by atoms with E-state index < -0.39 is 30.3 Å². The first-order chi connectivity index (χ1) is 8.99. The van der Waals surface area contributed by atoms with E-state index in [-0.39, 0.29) is 6.61 Å². The topological polar surface area (TPSA) is 92.7 Å². The number of carbonyl (C=O) groups excluding carboxylic acids is 2. The van der Waals surface area contributed by atoms with Crippen LogP contribution in [0.4, 0.5) is 0 Å². The lowest BCUT2D eigenvalue weighted by molar-refractivity contribution is -0.152. The van der Waals surface area contributed by atoms with Gasteiger partial charge < -0.3 is 15.2 Å². The summed E-state index contributed by atoms with van der Waals surface area (Å²) in [6, 6.07) is 7.81. The summed E-state index contributed by atoms with van der Waals surface area (Å²) in [5.41, 5.74) is 0.785. The summed E-state index contributed by atoms with van der Waals surface area (Å²) in [7, 11) is 0. The summed E-state index contributed by atoms with van der Waals surface area (Å²) in [6.07, 6.45) is -0.507. The third-order valence-corrected chi connectivity index (χ3v) is 2.26. The van der Waals surface area contributed by atoms with Crippen LogP contribution in [0.2, 0.25) is 0 Å². The fourth-order valence-electron chi connectivity index (χ4n) is 1.44. The average molecular weight is 265 g/mol. The number of amides is 1. The molecule has 0 radical (unpaired) electrons.